The largest absolute Gasteiger partial charge is 0.482 e. The topological polar surface area (TPSA) is 78.7 Å². The second-order valence-electron chi connectivity index (χ2n) is 3.79. The fourth-order valence-electron chi connectivity index (χ4n) is 1.50. The third-order valence-corrected chi connectivity index (χ3v) is 2.74. The van der Waals surface area contributed by atoms with E-state index in [9.17, 15) is 14.9 Å². The Morgan fingerprint density at radius 3 is 2.80 bits per heavy atom. The Labute approximate surface area is 124 Å². The van der Waals surface area contributed by atoms with Crippen molar-refractivity contribution in [1.29, 1.82) is 0 Å². The van der Waals surface area contributed by atoms with Gasteiger partial charge in [0.05, 0.1) is 11.5 Å². The summed E-state index contributed by atoms with van der Waals surface area (Å²) in [5.41, 5.74) is 0.511. The molecule has 0 aliphatic carbocycles. The van der Waals surface area contributed by atoms with E-state index in [0.717, 1.165) is 0 Å². The van der Waals surface area contributed by atoms with Gasteiger partial charge >= 0.3 is 11.7 Å². The fourth-order valence-corrected chi connectivity index (χ4v) is 2.06. The van der Waals surface area contributed by atoms with Gasteiger partial charge in [0.25, 0.3) is 0 Å². The Balaban J connectivity index is 2.78. The molecule has 0 saturated heterocycles. The highest BCUT2D eigenvalue weighted by atomic mass is 79.9. The molecule has 0 N–H and O–H groups in total. The number of nitro groups is 1. The zero-order chi connectivity index (χ0) is 15.1. The van der Waals surface area contributed by atoms with Crippen LogP contribution < -0.4 is 4.74 Å². The first kappa shape index (κ1) is 16.2. The molecule has 108 valence electrons. The molecule has 7 heteroatoms. The van der Waals surface area contributed by atoms with Crippen molar-refractivity contribution >= 4 is 27.6 Å². The van der Waals surface area contributed by atoms with Gasteiger partial charge in [-0.15, -0.1) is 0 Å². The van der Waals surface area contributed by atoms with Crippen molar-refractivity contribution in [3.63, 3.8) is 0 Å². The van der Waals surface area contributed by atoms with Gasteiger partial charge in [-0.2, -0.15) is 0 Å². The molecule has 0 radical (unpaired) electrons. The highest BCUT2D eigenvalue weighted by Crippen LogP contribution is 2.34. The SMILES string of the molecule is CCOC(=O)/C=C/COc1c(C)cc(Br)cc1[N+](=O)[O-]. The van der Waals surface area contributed by atoms with E-state index in [0.29, 0.717) is 16.6 Å². The van der Waals surface area contributed by atoms with Gasteiger partial charge < -0.3 is 9.47 Å². The van der Waals surface area contributed by atoms with E-state index in [1.807, 2.05) is 0 Å². The van der Waals surface area contributed by atoms with Crippen molar-refractivity contribution in [1.82, 2.24) is 0 Å². The Morgan fingerprint density at radius 2 is 2.20 bits per heavy atom. The number of nitrogens with zero attached hydrogens (tertiary/aromatic N) is 1. The molecule has 0 saturated carbocycles. The minimum atomic E-state index is -0.512. The lowest BCUT2D eigenvalue weighted by Gasteiger charge is -2.08. The summed E-state index contributed by atoms with van der Waals surface area (Å²) in [6.07, 6.45) is 2.67. The predicted molar refractivity (Wildman–Crippen MR) is 76.8 cm³/mol. The molecule has 20 heavy (non-hydrogen) atoms. The van der Waals surface area contributed by atoms with E-state index >= 15 is 0 Å². The molecular weight excluding hydrogens is 330 g/mol. The first-order chi connectivity index (χ1) is 9.45. The second-order valence-corrected chi connectivity index (χ2v) is 4.71. The third kappa shape index (κ3) is 4.65. The summed E-state index contributed by atoms with van der Waals surface area (Å²) in [6.45, 7) is 3.75. The molecule has 0 bridgehead atoms. The van der Waals surface area contributed by atoms with Gasteiger partial charge in [-0.1, -0.05) is 15.9 Å². The van der Waals surface area contributed by atoms with Crippen LogP contribution in [-0.4, -0.2) is 24.1 Å². The lowest BCUT2D eigenvalue weighted by Crippen LogP contribution is -2.03. The lowest BCUT2D eigenvalue weighted by atomic mass is 10.2. The van der Waals surface area contributed by atoms with Crippen LogP contribution in [-0.2, 0) is 9.53 Å². The van der Waals surface area contributed by atoms with E-state index < -0.39 is 10.9 Å². The standard InChI is InChI=1S/C13H14BrNO5/c1-3-19-12(16)5-4-6-20-13-9(2)7-10(14)8-11(13)15(17)18/h4-5,7-8H,3,6H2,1-2H3/b5-4+. The quantitative estimate of drug-likeness (QED) is 0.343. The number of nitro benzene ring substituents is 1. The maximum Gasteiger partial charge on any atom is 0.330 e. The van der Waals surface area contributed by atoms with Crippen LogP contribution in [0.4, 0.5) is 5.69 Å². The summed E-state index contributed by atoms with van der Waals surface area (Å²) in [6, 6.07) is 3.09. The lowest BCUT2D eigenvalue weighted by molar-refractivity contribution is -0.385. The van der Waals surface area contributed by atoms with Crippen molar-refractivity contribution < 1.29 is 19.2 Å². The summed E-state index contributed by atoms with van der Waals surface area (Å²) in [5, 5.41) is 11.0. The van der Waals surface area contributed by atoms with Gasteiger partial charge in [0.15, 0.2) is 5.75 Å². The van der Waals surface area contributed by atoms with E-state index in [4.69, 9.17) is 9.47 Å². The molecule has 6 nitrogen and oxygen atoms in total. The Hall–Kier alpha value is -1.89. The number of halogens is 1. The first-order valence-electron chi connectivity index (χ1n) is 5.86. The van der Waals surface area contributed by atoms with Crippen LogP contribution in [0.2, 0.25) is 0 Å². The van der Waals surface area contributed by atoms with E-state index in [2.05, 4.69) is 15.9 Å². The molecule has 1 aromatic rings. The average molecular weight is 344 g/mol. The summed E-state index contributed by atoms with van der Waals surface area (Å²) in [7, 11) is 0. The van der Waals surface area contributed by atoms with Gasteiger partial charge in [0.2, 0.25) is 0 Å². The number of carbonyl (C=O) groups excluding carboxylic acids is 1. The molecule has 0 heterocycles. The number of ether oxygens (including phenoxy) is 2. The number of hydrogen-bond donors (Lipinski definition) is 0. The molecule has 0 aliphatic heterocycles. The van der Waals surface area contributed by atoms with Gasteiger partial charge in [-0.3, -0.25) is 10.1 Å². The van der Waals surface area contributed by atoms with Crippen LogP contribution in [0.1, 0.15) is 12.5 Å². The number of rotatable bonds is 6. The van der Waals surface area contributed by atoms with Crippen molar-refractivity contribution in [3.8, 4) is 5.75 Å². The number of hydrogen-bond acceptors (Lipinski definition) is 5. The summed E-state index contributed by atoms with van der Waals surface area (Å²) < 4.78 is 10.7. The van der Waals surface area contributed by atoms with Crippen molar-refractivity contribution in [3.05, 3.63) is 44.4 Å². The molecule has 0 aromatic heterocycles. The van der Waals surface area contributed by atoms with Gasteiger partial charge in [-0.25, -0.2) is 4.79 Å². The maximum atomic E-state index is 11.1. The maximum absolute atomic E-state index is 11.1. The van der Waals surface area contributed by atoms with Gasteiger partial charge in [-0.05, 0) is 31.6 Å². The number of aryl methyl sites for hydroxylation is 1. The van der Waals surface area contributed by atoms with Gasteiger partial charge in [0, 0.05) is 16.6 Å². The second kappa shape index (κ2) is 7.64. The summed E-state index contributed by atoms with van der Waals surface area (Å²) in [5.74, 6) is -0.287. The van der Waals surface area contributed by atoms with Crippen molar-refractivity contribution in [2.24, 2.45) is 0 Å². The number of esters is 1. The van der Waals surface area contributed by atoms with E-state index in [-0.39, 0.29) is 18.0 Å². The number of benzene rings is 1. The molecule has 0 atom stereocenters. The van der Waals surface area contributed by atoms with Crippen LogP contribution >= 0.6 is 15.9 Å². The molecular formula is C13H14BrNO5. The van der Waals surface area contributed by atoms with Gasteiger partial charge in [0.1, 0.15) is 6.61 Å². The Kier molecular flexibility index (Phi) is 6.17. The van der Waals surface area contributed by atoms with Crippen LogP contribution in [0.15, 0.2) is 28.8 Å². The molecule has 0 amide bonds. The molecule has 1 aromatic carbocycles. The smallest absolute Gasteiger partial charge is 0.330 e. The predicted octanol–water partition coefficient (Wildman–Crippen LogP) is 3.16. The summed E-state index contributed by atoms with van der Waals surface area (Å²) >= 11 is 3.20. The molecule has 0 fully saturated rings. The highest BCUT2D eigenvalue weighted by Gasteiger charge is 2.18. The molecule has 0 unspecified atom stereocenters. The third-order valence-electron chi connectivity index (χ3n) is 2.28. The minimum Gasteiger partial charge on any atom is -0.482 e. The Morgan fingerprint density at radius 1 is 1.50 bits per heavy atom. The van der Waals surface area contributed by atoms with Crippen LogP contribution in [0.5, 0.6) is 5.75 Å². The van der Waals surface area contributed by atoms with E-state index in [1.165, 1.54) is 18.2 Å². The minimum absolute atomic E-state index is 0.0438. The zero-order valence-corrected chi connectivity index (χ0v) is 12.7. The van der Waals surface area contributed by atoms with Crippen LogP contribution in [0, 0.1) is 17.0 Å². The van der Waals surface area contributed by atoms with Crippen molar-refractivity contribution in [2.75, 3.05) is 13.2 Å². The fraction of sp³-hybridized carbons (Fsp3) is 0.308. The normalized spacial score (nSPS) is 10.6. The highest BCUT2D eigenvalue weighted by molar-refractivity contribution is 9.10. The zero-order valence-electron chi connectivity index (χ0n) is 11.1. The van der Waals surface area contributed by atoms with E-state index in [1.54, 1.807) is 19.9 Å². The summed E-state index contributed by atoms with van der Waals surface area (Å²) in [4.78, 5) is 21.5. The average Bonchev–Trinajstić information content (AvgIpc) is 2.36. The number of carbonyl (C=O) groups is 1. The molecule has 0 aliphatic rings. The monoisotopic (exact) mass is 343 g/mol. The van der Waals surface area contributed by atoms with Crippen LogP contribution in [0.25, 0.3) is 0 Å². The van der Waals surface area contributed by atoms with Crippen molar-refractivity contribution in [2.45, 2.75) is 13.8 Å². The van der Waals surface area contributed by atoms with Crippen LogP contribution in [0.3, 0.4) is 0 Å². The molecule has 0 spiro atoms. The first-order valence-corrected chi connectivity index (χ1v) is 6.65. The molecule has 1 rings (SSSR count). The Bertz CT molecular complexity index is 542.